The van der Waals surface area contributed by atoms with Gasteiger partial charge in [-0.15, -0.1) is 0 Å². The van der Waals surface area contributed by atoms with Gasteiger partial charge in [0.2, 0.25) is 11.8 Å². The lowest BCUT2D eigenvalue weighted by Gasteiger charge is -2.18. The SMILES string of the molecule is CN(CC(=O)Nc1ccccc1)CC(=O)Nc1ccc(Cl)cc1C(F)(F)F. The van der Waals surface area contributed by atoms with Crippen molar-refractivity contribution in [3.8, 4) is 0 Å². The number of para-hydroxylation sites is 1. The number of rotatable bonds is 6. The molecule has 0 saturated heterocycles. The molecule has 0 saturated carbocycles. The molecule has 0 aliphatic heterocycles. The molecule has 0 radical (unpaired) electrons. The van der Waals surface area contributed by atoms with Crippen LogP contribution in [0.2, 0.25) is 5.02 Å². The monoisotopic (exact) mass is 399 g/mol. The molecule has 27 heavy (non-hydrogen) atoms. The average molecular weight is 400 g/mol. The van der Waals surface area contributed by atoms with Gasteiger partial charge >= 0.3 is 6.18 Å². The van der Waals surface area contributed by atoms with Crippen molar-refractivity contribution in [3.05, 3.63) is 59.1 Å². The summed E-state index contributed by atoms with van der Waals surface area (Å²) in [5.74, 6) is -1.03. The smallest absolute Gasteiger partial charge is 0.325 e. The predicted octanol–water partition coefficient (Wildman–Crippen LogP) is 3.87. The van der Waals surface area contributed by atoms with Crippen molar-refractivity contribution in [1.29, 1.82) is 0 Å². The first-order valence-corrected chi connectivity index (χ1v) is 8.23. The molecule has 2 aromatic rings. The van der Waals surface area contributed by atoms with E-state index in [4.69, 9.17) is 11.6 Å². The summed E-state index contributed by atoms with van der Waals surface area (Å²) in [5, 5.41) is 4.77. The summed E-state index contributed by atoms with van der Waals surface area (Å²) in [4.78, 5) is 25.4. The third kappa shape index (κ3) is 6.58. The van der Waals surface area contributed by atoms with Crippen LogP contribution in [0, 0.1) is 0 Å². The zero-order valence-electron chi connectivity index (χ0n) is 14.3. The van der Waals surface area contributed by atoms with Crippen molar-refractivity contribution in [2.75, 3.05) is 30.8 Å². The fraction of sp³-hybridized carbons (Fsp3) is 0.222. The number of carbonyl (C=O) groups excluding carboxylic acids is 2. The molecule has 144 valence electrons. The van der Waals surface area contributed by atoms with E-state index in [1.54, 1.807) is 30.3 Å². The van der Waals surface area contributed by atoms with Crippen molar-refractivity contribution in [2.45, 2.75) is 6.18 Å². The van der Waals surface area contributed by atoms with Crippen LogP contribution >= 0.6 is 11.6 Å². The number of carbonyl (C=O) groups is 2. The maximum atomic E-state index is 13.0. The maximum Gasteiger partial charge on any atom is 0.418 e. The Hall–Kier alpha value is -2.58. The Morgan fingerprint density at radius 3 is 2.19 bits per heavy atom. The zero-order valence-corrected chi connectivity index (χ0v) is 15.1. The Morgan fingerprint density at radius 2 is 1.59 bits per heavy atom. The van der Waals surface area contributed by atoms with Gasteiger partial charge in [0.15, 0.2) is 0 Å². The van der Waals surface area contributed by atoms with E-state index in [0.29, 0.717) is 5.69 Å². The number of nitrogens with one attached hydrogen (secondary N) is 2. The quantitative estimate of drug-likeness (QED) is 0.775. The number of hydrogen-bond donors (Lipinski definition) is 2. The fourth-order valence-electron chi connectivity index (χ4n) is 2.32. The van der Waals surface area contributed by atoms with Crippen LogP contribution in [-0.4, -0.2) is 36.9 Å². The van der Waals surface area contributed by atoms with Gasteiger partial charge in [0.1, 0.15) is 0 Å². The van der Waals surface area contributed by atoms with Gasteiger partial charge in [-0.2, -0.15) is 13.2 Å². The minimum absolute atomic E-state index is 0.0879. The lowest BCUT2D eigenvalue weighted by atomic mass is 10.1. The molecular formula is C18H17ClF3N3O2. The van der Waals surface area contributed by atoms with Gasteiger partial charge in [0, 0.05) is 10.7 Å². The van der Waals surface area contributed by atoms with Crippen LogP contribution in [0.15, 0.2) is 48.5 Å². The molecule has 0 atom stereocenters. The van der Waals surface area contributed by atoms with Crippen LogP contribution in [0.5, 0.6) is 0 Å². The van der Waals surface area contributed by atoms with E-state index in [-0.39, 0.29) is 29.7 Å². The molecule has 9 heteroatoms. The minimum atomic E-state index is -4.66. The molecule has 0 fully saturated rings. The van der Waals surface area contributed by atoms with Crippen molar-refractivity contribution in [1.82, 2.24) is 4.90 Å². The highest BCUT2D eigenvalue weighted by Crippen LogP contribution is 2.36. The second kappa shape index (κ2) is 8.88. The van der Waals surface area contributed by atoms with Crippen molar-refractivity contribution < 1.29 is 22.8 Å². The number of nitrogens with zero attached hydrogens (tertiary/aromatic N) is 1. The molecule has 5 nitrogen and oxygen atoms in total. The molecule has 2 rings (SSSR count). The highest BCUT2D eigenvalue weighted by Gasteiger charge is 2.34. The molecule has 2 amide bonds. The first-order chi connectivity index (χ1) is 12.6. The topological polar surface area (TPSA) is 61.4 Å². The fourth-order valence-corrected chi connectivity index (χ4v) is 2.49. The molecule has 0 aliphatic carbocycles. The average Bonchev–Trinajstić information content (AvgIpc) is 2.56. The number of anilines is 2. The van der Waals surface area contributed by atoms with Gasteiger partial charge in [0.05, 0.1) is 24.3 Å². The number of alkyl halides is 3. The summed E-state index contributed by atoms with van der Waals surface area (Å²) < 4.78 is 39.1. The molecule has 0 spiro atoms. The molecule has 0 bridgehead atoms. The number of likely N-dealkylation sites (N-methyl/N-ethyl adjacent to an activating group) is 1. The highest BCUT2D eigenvalue weighted by atomic mass is 35.5. The lowest BCUT2D eigenvalue weighted by molar-refractivity contribution is -0.137. The molecular weight excluding hydrogens is 383 g/mol. The predicted molar refractivity (Wildman–Crippen MR) is 97.7 cm³/mol. The second-order valence-electron chi connectivity index (χ2n) is 5.82. The van der Waals surface area contributed by atoms with E-state index in [2.05, 4.69) is 10.6 Å². The van der Waals surface area contributed by atoms with Crippen LogP contribution in [0.3, 0.4) is 0 Å². The molecule has 0 unspecified atom stereocenters. The summed E-state index contributed by atoms with van der Waals surface area (Å²) in [6.07, 6.45) is -4.66. The summed E-state index contributed by atoms with van der Waals surface area (Å²) in [5.41, 5.74) is -0.816. The zero-order chi connectivity index (χ0) is 20.0. The molecule has 0 aromatic heterocycles. The van der Waals surface area contributed by atoms with Gasteiger partial charge in [-0.05, 0) is 37.4 Å². The molecule has 2 aromatic carbocycles. The standard InChI is InChI=1S/C18H17ClF3N3O2/c1-25(10-16(26)23-13-5-3-2-4-6-13)11-17(27)24-15-8-7-12(19)9-14(15)18(20,21)22/h2-9H,10-11H2,1H3,(H,23,26)(H,24,27). The van der Waals surface area contributed by atoms with Crippen LogP contribution in [0.1, 0.15) is 5.56 Å². The van der Waals surface area contributed by atoms with Crippen LogP contribution in [-0.2, 0) is 15.8 Å². The molecule has 0 heterocycles. The lowest BCUT2D eigenvalue weighted by Crippen LogP contribution is -2.36. The van der Waals surface area contributed by atoms with Gasteiger partial charge < -0.3 is 10.6 Å². The summed E-state index contributed by atoms with van der Waals surface area (Å²) >= 11 is 5.60. The Labute approximate surface area is 159 Å². The molecule has 2 N–H and O–H groups in total. The van der Waals surface area contributed by atoms with E-state index in [9.17, 15) is 22.8 Å². The van der Waals surface area contributed by atoms with E-state index >= 15 is 0 Å². The van der Waals surface area contributed by atoms with Gasteiger partial charge in [-0.25, -0.2) is 0 Å². The first-order valence-electron chi connectivity index (χ1n) is 7.85. The summed E-state index contributed by atoms with van der Waals surface area (Å²) in [6.45, 7) is -0.364. The maximum absolute atomic E-state index is 13.0. The number of halogens is 4. The van der Waals surface area contributed by atoms with Crippen LogP contribution in [0.4, 0.5) is 24.5 Å². The largest absolute Gasteiger partial charge is 0.418 e. The van der Waals surface area contributed by atoms with E-state index < -0.39 is 17.6 Å². The second-order valence-corrected chi connectivity index (χ2v) is 6.26. The Kier molecular flexibility index (Phi) is 6.81. The van der Waals surface area contributed by atoms with Gasteiger partial charge in [0.25, 0.3) is 0 Å². The van der Waals surface area contributed by atoms with Crippen LogP contribution in [0.25, 0.3) is 0 Å². The van der Waals surface area contributed by atoms with Crippen LogP contribution < -0.4 is 10.6 Å². The van der Waals surface area contributed by atoms with Crippen molar-refractivity contribution in [2.24, 2.45) is 0 Å². The van der Waals surface area contributed by atoms with Crippen molar-refractivity contribution >= 4 is 34.8 Å². The Morgan fingerprint density at radius 1 is 1.00 bits per heavy atom. The number of hydrogen-bond acceptors (Lipinski definition) is 3. The molecule has 0 aliphatic rings. The number of benzene rings is 2. The third-order valence-electron chi connectivity index (χ3n) is 3.45. The summed E-state index contributed by atoms with van der Waals surface area (Å²) in [6, 6.07) is 11.8. The number of amides is 2. The first kappa shape index (κ1) is 20.7. The van der Waals surface area contributed by atoms with Gasteiger partial charge in [-0.1, -0.05) is 29.8 Å². The minimum Gasteiger partial charge on any atom is -0.325 e. The normalized spacial score (nSPS) is 11.3. The van der Waals surface area contributed by atoms with Crippen molar-refractivity contribution in [3.63, 3.8) is 0 Å². The van der Waals surface area contributed by atoms with E-state index in [0.717, 1.165) is 12.1 Å². The van der Waals surface area contributed by atoms with E-state index in [1.165, 1.54) is 18.0 Å². The Balaban J connectivity index is 1.93. The van der Waals surface area contributed by atoms with Gasteiger partial charge in [-0.3, -0.25) is 14.5 Å². The van der Waals surface area contributed by atoms with E-state index in [1.807, 2.05) is 0 Å². The summed E-state index contributed by atoms with van der Waals surface area (Å²) in [7, 11) is 1.51. The third-order valence-corrected chi connectivity index (χ3v) is 3.68. The Bertz CT molecular complexity index is 813. The highest BCUT2D eigenvalue weighted by molar-refractivity contribution is 6.30.